The van der Waals surface area contributed by atoms with Crippen molar-refractivity contribution in [3.63, 3.8) is 0 Å². The molecule has 0 bridgehead atoms. The quantitative estimate of drug-likeness (QED) is 0.914. The van der Waals surface area contributed by atoms with Crippen molar-refractivity contribution >= 4 is 11.7 Å². The predicted molar refractivity (Wildman–Crippen MR) is 83.9 cm³/mol. The van der Waals surface area contributed by atoms with Crippen molar-refractivity contribution in [2.75, 3.05) is 18.8 Å². The Kier molecular flexibility index (Phi) is 4.00. The van der Waals surface area contributed by atoms with Crippen LogP contribution in [0.5, 0.6) is 0 Å². The molecule has 3 rings (SSSR count). The summed E-state index contributed by atoms with van der Waals surface area (Å²) in [4.78, 5) is 26.6. The van der Waals surface area contributed by atoms with E-state index in [9.17, 15) is 4.79 Å². The molecule has 2 aromatic heterocycles. The standard InChI is InChI=1S/C16H19N5O/c1-11(22)21-6-2-3-13(10-21)15-9-18-8-14(20-15)12-4-5-16(17)19-7-12/h4-5,7-9,13H,2-3,6,10H2,1H3,(H2,17,19). The van der Waals surface area contributed by atoms with Gasteiger partial charge in [0.1, 0.15) is 5.82 Å². The second-order valence-corrected chi connectivity index (χ2v) is 5.61. The Balaban J connectivity index is 1.84. The van der Waals surface area contributed by atoms with Gasteiger partial charge in [0, 0.05) is 43.9 Å². The van der Waals surface area contributed by atoms with Gasteiger partial charge in [-0.3, -0.25) is 9.78 Å². The smallest absolute Gasteiger partial charge is 0.219 e. The van der Waals surface area contributed by atoms with Gasteiger partial charge in [-0.1, -0.05) is 0 Å². The first-order chi connectivity index (χ1) is 10.6. The van der Waals surface area contributed by atoms with Crippen molar-refractivity contribution in [1.82, 2.24) is 19.9 Å². The molecule has 1 amide bonds. The summed E-state index contributed by atoms with van der Waals surface area (Å²) in [5.74, 6) is 0.848. The predicted octanol–water partition coefficient (Wildman–Crippen LogP) is 1.85. The third-order valence-electron chi connectivity index (χ3n) is 4.02. The monoisotopic (exact) mass is 297 g/mol. The maximum absolute atomic E-state index is 11.6. The van der Waals surface area contributed by atoms with E-state index >= 15 is 0 Å². The second kappa shape index (κ2) is 6.09. The van der Waals surface area contributed by atoms with Gasteiger partial charge in [0.25, 0.3) is 0 Å². The van der Waals surface area contributed by atoms with E-state index in [2.05, 4.69) is 9.97 Å². The van der Waals surface area contributed by atoms with Crippen LogP contribution in [-0.4, -0.2) is 38.8 Å². The first kappa shape index (κ1) is 14.4. The summed E-state index contributed by atoms with van der Waals surface area (Å²) in [6, 6.07) is 3.64. The molecule has 1 unspecified atom stereocenters. The highest BCUT2D eigenvalue weighted by Gasteiger charge is 2.24. The topological polar surface area (TPSA) is 85.0 Å². The minimum Gasteiger partial charge on any atom is -0.384 e. The van der Waals surface area contributed by atoms with E-state index in [1.54, 1.807) is 31.6 Å². The number of likely N-dealkylation sites (tertiary alicyclic amines) is 1. The van der Waals surface area contributed by atoms with Crippen molar-refractivity contribution in [2.45, 2.75) is 25.7 Å². The number of nitrogen functional groups attached to an aromatic ring is 1. The van der Waals surface area contributed by atoms with Crippen molar-refractivity contribution in [3.05, 3.63) is 36.4 Å². The first-order valence-corrected chi connectivity index (χ1v) is 7.43. The summed E-state index contributed by atoms with van der Waals surface area (Å²) in [5, 5.41) is 0. The molecule has 0 radical (unpaired) electrons. The number of hydrogen-bond acceptors (Lipinski definition) is 5. The van der Waals surface area contributed by atoms with Gasteiger partial charge in [0.15, 0.2) is 0 Å². The summed E-state index contributed by atoms with van der Waals surface area (Å²) in [6.07, 6.45) is 7.25. The number of carbonyl (C=O) groups excluding carboxylic acids is 1. The molecule has 0 spiro atoms. The van der Waals surface area contributed by atoms with E-state index in [0.29, 0.717) is 12.4 Å². The van der Waals surface area contributed by atoms with Crippen LogP contribution < -0.4 is 5.73 Å². The largest absolute Gasteiger partial charge is 0.384 e. The number of hydrogen-bond donors (Lipinski definition) is 1. The van der Waals surface area contributed by atoms with Gasteiger partial charge < -0.3 is 10.6 Å². The molecule has 114 valence electrons. The Morgan fingerprint density at radius 1 is 1.32 bits per heavy atom. The van der Waals surface area contributed by atoms with Crippen LogP contribution in [0.15, 0.2) is 30.7 Å². The molecule has 1 saturated heterocycles. The SMILES string of the molecule is CC(=O)N1CCCC(c2cncc(-c3ccc(N)nc3)n2)C1. The molecule has 0 saturated carbocycles. The number of rotatable bonds is 2. The van der Waals surface area contributed by atoms with Crippen LogP contribution in [0.1, 0.15) is 31.4 Å². The molecule has 2 aromatic rings. The number of amides is 1. The van der Waals surface area contributed by atoms with Crippen LogP contribution in [0.25, 0.3) is 11.3 Å². The molecule has 0 aromatic carbocycles. The molecule has 22 heavy (non-hydrogen) atoms. The summed E-state index contributed by atoms with van der Waals surface area (Å²) in [7, 11) is 0. The van der Waals surface area contributed by atoms with Gasteiger partial charge >= 0.3 is 0 Å². The average molecular weight is 297 g/mol. The number of nitrogens with two attached hydrogens (primary N) is 1. The molecular formula is C16H19N5O. The number of aromatic nitrogens is 3. The Labute approximate surface area is 129 Å². The lowest BCUT2D eigenvalue weighted by molar-refractivity contribution is -0.130. The molecule has 1 aliphatic rings. The van der Waals surface area contributed by atoms with Crippen LogP contribution in [0.2, 0.25) is 0 Å². The fourth-order valence-electron chi connectivity index (χ4n) is 2.78. The van der Waals surface area contributed by atoms with Crippen LogP contribution in [0.4, 0.5) is 5.82 Å². The van der Waals surface area contributed by atoms with Crippen molar-refractivity contribution in [2.24, 2.45) is 0 Å². The van der Waals surface area contributed by atoms with E-state index < -0.39 is 0 Å². The van der Waals surface area contributed by atoms with E-state index in [4.69, 9.17) is 10.7 Å². The fraction of sp³-hybridized carbons (Fsp3) is 0.375. The number of pyridine rings is 1. The Morgan fingerprint density at radius 3 is 2.91 bits per heavy atom. The van der Waals surface area contributed by atoms with Crippen molar-refractivity contribution < 1.29 is 4.79 Å². The highest BCUT2D eigenvalue weighted by molar-refractivity contribution is 5.73. The number of nitrogens with zero attached hydrogens (tertiary/aromatic N) is 4. The van der Waals surface area contributed by atoms with E-state index in [-0.39, 0.29) is 11.8 Å². The third kappa shape index (κ3) is 3.05. The second-order valence-electron chi connectivity index (χ2n) is 5.61. The lowest BCUT2D eigenvalue weighted by Gasteiger charge is -2.31. The highest BCUT2D eigenvalue weighted by Crippen LogP contribution is 2.27. The van der Waals surface area contributed by atoms with E-state index in [1.807, 2.05) is 11.0 Å². The average Bonchev–Trinajstić information content (AvgIpc) is 2.56. The minimum absolute atomic E-state index is 0.122. The van der Waals surface area contributed by atoms with Crippen molar-refractivity contribution in [3.8, 4) is 11.3 Å². The minimum atomic E-state index is 0.122. The Bertz CT molecular complexity index is 670. The molecule has 1 aliphatic heterocycles. The Hall–Kier alpha value is -2.50. The van der Waals surface area contributed by atoms with Gasteiger partial charge in [-0.05, 0) is 25.0 Å². The maximum atomic E-state index is 11.6. The normalized spacial score (nSPS) is 18.2. The zero-order valence-electron chi connectivity index (χ0n) is 12.6. The fourth-order valence-corrected chi connectivity index (χ4v) is 2.78. The summed E-state index contributed by atoms with van der Waals surface area (Å²) < 4.78 is 0. The molecule has 3 heterocycles. The van der Waals surface area contributed by atoms with Gasteiger partial charge in [-0.2, -0.15) is 0 Å². The highest BCUT2D eigenvalue weighted by atomic mass is 16.2. The van der Waals surface area contributed by atoms with Gasteiger partial charge in [0.05, 0.1) is 17.6 Å². The molecular weight excluding hydrogens is 278 g/mol. The van der Waals surface area contributed by atoms with E-state index in [0.717, 1.165) is 36.3 Å². The number of anilines is 1. The zero-order chi connectivity index (χ0) is 15.5. The molecule has 0 aliphatic carbocycles. The molecule has 1 fully saturated rings. The lowest BCUT2D eigenvalue weighted by atomic mass is 9.95. The first-order valence-electron chi connectivity index (χ1n) is 7.43. The van der Waals surface area contributed by atoms with Crippen LogP contribution in [-0.2, 0) is 4.79 Å². The zero-order valence-corrected chi connectivity index (χ0v) is 12.6. The summed E-state index contributed by atoms with van der Waals surface area (Å²) in [5.41, 5.74) is 8.22. The lowest BCUT2D eigenvalue weighted by Crippen LogP contribution is -2.37. The summed E-state index contributed by atoms with van der Waals surface area (Å²) in [6.45, 7) is 3.17. The van der Waals surface area contributed by atoms with Crippen molar-refractivity contribution in [1.29, 1.82) is 0 Å². The molecule has 6 nitrogen and oxygen atoms in total. The third-order valence-corrected chi connectivity index (χ3v) is 4.02. The Morgan fingerprint density at radius 2 is 2.18 bits per heavy atom. The van der Waals surface area contributed by atoms with Gasteiger partial charge in [-0.15, -0.1) is 0 Å². The molecule has 1 atom stereocenters. The van der Waals surface area contributed by atoms with Crippen LogP contribution >= 0.6 is 0 Å². The van der Waals surface area contributed by atoms with Gasteiger partial charge in [0.2, 0.25) is 5.91 Å². The van der Waals surface area contributed by atoms with E-state index in [1.165, 1.54) is 0 Å². The molecule has 2 N–H and O–H groups in total. The van der Waals surface area contributed by atoms with Crippen LogP contribution in [0.3, 0.4) is 0 Å². The summed E-state index contributed by atoms with van der Waals surface area (Å²) >= 11 is 0. The van der Waals surface area contributed by atoms with Gasteiger partial charge in [-0.25, -0.2) is 9.97 Å². The van der Waals surface area contributed by atoms with Crippen LogP contribution in [0, 0.1) is 0 Å². The maximum Gasteiger partial charge on any atom is 0.219 e. The molecule has 6 heteroatoms. The number of piperidine rings is 1. The number of carbonyl (C=O) groups is 1.